The molecule has 18 heavy (non-hydrogen) atoms. The van der Waals surface area contributed by atoms with Gasteiger partial charge in [0.25, 0.3) is 0 Å². The van der Waals surface area contributed by atoms with Crippen LogP contribution < -0.4 is 10.1 Å². The van der Waals surface area contributed by atoms with E-state index in [4.69, 9.17) is 4.74 Å². The fourth-order valence-corrected chi connectivity index (χ4v) is 2.48. The van der Waals surface area contributed by atoms with Crippen LogP contribution in [0.3, 0.4) is 0 Å². The minimum Gasteiger partial charge on any atom is -0.477 e. The highest BCUT2D eigenvalue weighted by molar-refractivity contribution is 7.18. The maximum absolute atomic E-state index is 5.80. The molecule has 1 N–H and O–H groups in total. The fourth-order valence-electron chi connectivity index (χ4n) is 1.61. The number of aryl methyl sites for hydroxylation is 1. The topological polar surface area (TPSA) is 47.0 Å². The number of hydrogen-bond donors (Lipinski definition) is 1. The second-order valence-corrected chi connectivity index (χ2v) is 5.90. The van der Waals surface area contributed by atoms with Crippen LogP contribution in [0.2, 0.25) is 0 Å². The zero-order chi connectivity index (χ0) is 13.1. The summed E-state index contributed by atoms with van der Waals surface area (Å²) in [5, 5.41) is 4.16. The van der Waals surface area contributed by atoms with Gasteiger partial charge in [-0.1, -0.05) is 13.8 Å². The van der Waals surface area contributed by atoms with Gasteiger partial charge in [0, 0.05) is 11.4 Å². The highest BCUT2D eigenvalue weighted by Crippen LogP contribution is 2.31. The summed E-state index contributed by atoms with van der Waals surface area (Å²) in [5.74, 6) is 1.82. The first-order valence-corrected chi connectivity index (χ1v) is 7.06. The van der Waals surface area contributed by atoms with Crippen molar-refractivity contribution >= 4 is 27.5 Å². The monoisotopic (exact) mass is 265 g/mol. The van der Waals surface area contributed by atoms with Crippen molar-refractivity contribution < 1.29 is 4.74 Å². The number of nitrogens with one attached hydrogen (secondary N) is 1. The van der Waals surface area contributed by atoms with Crippen molar-refractivity contribution in [3.63, 3.8) is 0 Å². The van der Waals surface area contributed by atoms with E-state index in [9.17, 15) is 0 Å². The van der Waals surface area contributed by atoms with Crippen molar-refractivity contribution in [2.45, 2.75) is 27.7 Å². The lowest BCUT2D eigenvalue weighted by Crippen LogP contribution is -2.08. The number of ether oxygens (including phenoxy) is 1. The SMILES string of the molecule is CCNc1nc(OCC(C)C)c2cc(C)sc2n1. The molecule has 0 aromatic carbocycles. The van der Waals surface area contributed by atoms with Crippen molar-refractivity contribution in [2.75, 3.05) is 18.5 Å². The Morgan fingerprint density at radius 2 is 2.17 bits per heavy atom. The average Bonchev–Trinajstić information content (AvgIpc) is 2.66. The number of nitrogens with zero attached hydrogens (tertiary/aromatic N) is 2. The summed E-state index contributed by atoms with van der Waals surface area (Å²) in [7, 11) is 0. The Labute approximate surface area is 111 Å². The zero-order valence-electron chi connectivity index (χ0n) is 11.3. The van der Waals surface area contributed by atoms with Crippen LogP contribution in [0.5, 0.6) is 5.88 Å². The second-order valence-electron chi connectivity index (χ2n) is 4.66. The molecule has 2 aromatic heterocycles. The first-order chi connectivity index (χ1) is 8.60. The molecule has 0 aliphatic rings. The molecule has 0 saturated heterocycles. The van der Waals surface area contributed by atoms with Gasteiger partial charge in [0.1, 0.15) is 4.83 Å². The third-order valence-electron chi connectivity index (χ3n) is 2.37. The lowest BCUT2D eigenvalue weighted by molar-refractivity contribution is 0.265. The van der Waals surface area contributed by atoms with E-state index < -0.39 is 0 Å². The first kappa shape index (κ1) is 13.1. The van der Waals surface area contributed by atoms with Crippen LogP contribution in [0.4, 0.5) is 5.95 Å². The quantitative estimate of drug-likeness (QED) is 0.899. The molecule has 2 heterocycles. The second kappa shape index (κ2) is 5.52. The molecule has 0 aliphatic carbocycles. The smallest absolute Gasteiger partial charge is 0.227 e. The van der Waals surface area contributed by atoms with E-state index >= 15 is 0 Å². The summed E-state index contributed by atoms with van der Waals surface area (Å²) in [6.07, 6.45) is 0. The van der Waals surface area contributed by atoms with E-state index in [-0.39, 0.29) is 0 Å². The van der Waals surface area contributed by atoms with E-state index in [0.29, 0.717) is 24.4 Å². The van der Waals surface area contributed by atoms with Gasteiger partial charge in [-0.2, -0.15) is 4.98 Å². The number of aromatic nitrogens is 2. The first-order valence-electron chi connectivity index (χ1n) is 6.25. The molecule has 0 atom stereocenters. The van der Waals surface area contributed by atoms with Gasteiger partial charge in [-0.05, 0) is 25.8 Å². The molecule has 0 saturated carbocycles. The summed E-state index contributed by atoms with van der Waals surface area (Å²) in [5.41, 5.74) is 0. The molecule has 4 nitrogen and oxygen atoms in total. The summed E-state index contributed by atoms with van der Waals surface area (Å²) >= 11 is 1.67. The van der Waals surface area contributed by atoms with Crippen molar-refractivity contribution in [1.82, 2.24) is 9.97 Å². The third-order valence-corrected chi connectivity index (χ3v) is 3.31. The van der Waals surface area contributed by atoms with Gasteiger partial charge in [0.15, 0.2) is 0 Å². The Kier molecular flexibility index (Phi) is 4.01. The summed E-state index contributed by atoms with van der Waals surface area (Å²) in [6.45, 7) is 9.84. The number of hydrogen-bond acceptors (Lipinski definition) is 5. The molecule has 5 heteroatoms. The van der Waals surface area contributed by atoms with Crippen LogP contribution in [0.15, 0.2) is 6.07 Å². The summed E-state index contributed by atoms with van der Waals surface area (Å²) < 4.78 is 5.80. The number of rotatable bonds is 5. The van der Waals surface area contributed by atoms with Crippen LogP contribution in [0.1, 0.15) is 25.6 Å². The van der Waals surface area contributed by atoms with Gasteiger partial charge < -0.3 is 10.1 Å². The molecule has 0 spiro atoms. The van der Waals surface area contributed by atoms with E-state index in [0.717, 1.165) is 16.8 Å². The van der Waals surface area contributed by atoms with Crippen molar-refractivity contribution in [2.24, 2.45) is 5.92 Å². The Balaban J connectivity index is 2.39. The lowest BCUT2D eigenvalue weighted by atomic mass is 10.2. The Bertz CT molecular complexity index is 536. The molecule has 0 fully saturated rings. The molecular formula is C13H19N3OS. The Hall–Kier alpha value is -1.36. The normalized spacial score (nSPS) is 11.2. The van der Waals surface area contributed by atoms with E-state index in [1.165, 1.54) is 4.88 Å². The molecule has 2 aromatic rings. The molecule has 2 rings (SSSR count). The predicted molar refractivity (Wildman–Crippen MR) is 76.6 cm³/mol. The van der Waals surface area contributed by atoms with Gasteiger partial charge in [0.05, 0.1) is 12.0 Å². The van der Waals surface area contributed by atoms with Crippen LogP contribution in [-0.2, 0) is 0 Å². The van der Waals surface area contributed by atoms with Crippen molar-refractivity contribution in [1.29, 1.82) is 0 Å². The fraction of sp³-hybridized carbons (Fsp3) is 0.538. The lowest BCUT2D eigenvalue weighted by Gasteiger charge is -2.10. The van der Waals surface area contributed by atoms with E-state index in [1.807, 2.05) is 6.92 Å². The largest absolute Gasteiger partial charge is 0.477 e. The highest BCUT2D eigenvalue weighted by atomic mass is 32.1. The van der Waals surface area contributed by atoms with Gasteiger partial charge >= 0.3 is 0 Å². The predicted octanol–water partition coefficient (Wildman–Crippen LogP) is 3.47. The number of thiophene rings is 1. The van der Waals surface area contributed by atoms with Gasteiger partial charge in [-0.15, -0.1) is 11.3 Å². The van der Waals surface area contributed by atoms with Gasteiger partial charge in [0.2, 0.25) is 11.8 Å². The standard InChI is InChI=1S/C13H19N3OS/c1-5-14-13-15-11(17-7-8(2)3)10-6-9(4)18-12(10)16-13/h6,8H,5,7H2,1-4H3,(H,14,15,16). The molecule has 98 valence electrons. The van der Waals surface area contributed by atoms with Gasteiger partial charge in [-0.25, -0.2) is 4.98 Å². The maximum Gasteiger partial charge on any atom is 0.227 e. The van der Waals surface area contributed by atoms with Crippen LogP contribution in [0, 0.1) is 12.8 Å². The Morgan fingerprint density at radius 1 is 1.39 bits per heavy atom. The summed E-state index contributed by atoms with van der Waals surface area (Å²) in [4.78, 5) is 11.1. The highest BCUT2D eigenvalue weighted by Gasteiger charge is 2.11. The van der Waals surface area contributed by atoms with Crippen LogP contribution in [0.25, 0.3) is 10.2 Å². The summed E-state index contributed by atoms with van der Waals surface area (Å²) in [6, 6.07) is 2.09. The minimum absolute atomic E-state index is 0.484. The Morgan fingerprint density at radius 3 is 2.83 bits per heavy atom. The molecule has 0 aliphatic heterocycles. The maximum atomic E-state index is 5.80. The third kappa shape index (κ3) is 2.90. The van der Waals surface area contributed by atoms with E-state index in [1.54, 1.807) is 11.3 Å². The van der Waals surface area contributed by atoms with Crippen molar-refractivity contribution in [3.05, 3.63) is 10.9 Å². The molecular weight excluding hydrogens is 246 g/mol. The van der Waals surface area contributed by atoms with Crippen molar-refractivity contribution in [3.8, 4) is 5.88 Å². The van der Waals surface area contributed by atoms with E-state index in [2.05, 4.69) is 42.1 Å². The average molecular weight is 265 g/mol. The minimum atomic E-state index is 0.484. The molecule has 0 amide bonds. The number of fused-ring (bicyclic) bond motifs is 1. The molecule has 0 unspecified atom stereocenters. The molecule has 0 radical (unpaired) electrons. The number of anilines is 1. The van der Waals surface area contributed by atoms with Crippen LogP contribution in [-0.4, -0.2) is 23.1 Å². The van der Waals surface area contributed by atoms with Crippen LogP contribution >= 0.6 is 11.3 Å². The van der Waals surface area contributed by atoms with Gasteiger partial charge in [-0.3, -0.25) is 0 Å². The molecule has 0 bridgehead atoms. The zero-order valence-corrected chi connectivity index (χ0v) is 12.1.